The maximum absolute atomic E-state index is 11.8. The average molecular weight is 283 g/mol. The van der Waals surface area contributed by atoms with Crippen LogP contribution in [-0.2, 0) is 4.74 Å². The van der Waals surface area contributed by atoms with Gasteiger partial charge in [0.2, 0.25) is 0 Å². The van der Waals surface area contributed by atoms with Gasteiger partial charge in [-0.1, -0.05) is 19.8 Å². The predicted molar refractivity (Wildman–Crippen MR) is 77.5 cm³/mol. The fraction of sp³-hybridized carbons (Fsp3) is 0.733. The Labute approximate surface area is 120 Å². The number of rotatable bonds is 6. The quantitative estimate of drug-likeness (QED) is 0.840. The van der Waals surface area contributed by atoms with E-state index in [-0.39, 0.29) is 5.43 Å². The molecular weight excluding hydrogens is 258 g/mol. The topological polar surface area (TPSA) is 75.6 Å². The zero-order chi connectivity index (χ0) is 15.5. The lowest BCUT2D eigenvalue weighted by atomic mass is 10.0. The molecule has 0 fully saturated rings. The standard InChI is InChI=1S/C15H25NO4/c1-6-7-8-10(13(18)11-9(2)12(11)17)16-14(19)20-15(3,4)5/h10,13,18H,6-8H2,1-5H3,(H,16,19)/t10-,13?/m0/s1. The van der Waals surface area contributed by atoms with E-state index in [1.165, 1.54) is 0 Å². The smallest absolute Gasteiger partial charge is 0.407 e. The monoisotopic (exact) mass is 283 g/mol. The maximum atomic E-state index is 11.8. The normalized spacial score (nSPS) is 15.1. The Balaban J connectivity index is 2.67. The number of amides is 1. The van der Waals surface area contributed by atoms with Gasteiger partial charge < -0.3 is 15.2 Å². The largest absolute Gasteiger partial charge is 0.444 e. The molecule has 1 unspecified atom stereocenters. The van der Waals surface area contributed by atoms with Crippen molar-refractivity contribution < 1.29 is 14.6 Å². The number of nitrogens with one attached hydrogen (secondary N) is 1. The first-order chi connectivity index (χ1) is 9.17. The minimum atomic E-state index is -0.943. The zero-order valence-electron chi connectivity index (χ0n) is 12.9. The van der Waals surface area contributed by atoms with E-state index in [9.17, 15) is 14.7 Å². The van der Waals surface area contributed by atoms with E-state index in [0.29, 0.717) is 17.5 Å². The highest BCUT2D eigenvalue weighted by Crippen LogP contribution is 2.24. The summed E-state index contributed by atoms with van der Waals surface area (Å²) >= 11 is 0. The summed E-state index contributed by atoms with van der Waals surface area (Å²) in [7, 11) is 0. The minimum absolute atomic E-state index is 0.0926. The van der Waals surface area contributed by atoms with Crippen molar-refractivity contribution in [2.75, 3.05) is 0 Å². The molecule has 0 radical (unpaired) electrons. The summed E-state index contributed by atoms with van der Waals surface area (Å²) in [6.45, 7) is 9.05. The van der Waals surface area contributed by atoms with Crippen LogP contribution in [0.1, 0.15) is 64.2 Å². The fourth-order valence-electron chi connectivity index (χ4n) is 2.03. The molecule has 0 bridgehead atoms. The number of carbonyl (C=O) groups excluding carboxylic acids is 1. The third-order valence-corrected chi connectivity index (χ3v) is 3.17. The number of aliphatic hydroxyl groups is 1. The van der Waals surface area contributed by atoms with Gasteiger partial charge in [-0.05, 0) is 34.1 Å². The SMILES string of the molecule is CCCC[C@H](NC(=O)OC(C)(C)C)C(O)c1c(C)c1=O. The summed E-state index contributed by atoms with van der Waals surface area (Å²) in [4.78, 5) is 23.2. The van der Waals surface area contributed by atoms with Gasteiger partial charge in [0, 0.05) is 11.1 Å². The molecule has 5 nitrogen and oxygen atoms in total. The molecule has 5 heteroatoms. The van der Waals surface area contributed by atoms with Gasteiger partial charge in [-0.25, -0.2) is 4.79 Å². The van der Waals surface area contributed by atoms with Gasteiger partial charge in [0.1, 0.15) is 11.7 Å². The average Bonchev–Trinajstić information content (AvgIpc) is 2.89. The summed E-state index contributed by atoms with van der Waals surface area (Å²) in [6, 6.07) is -0.485. The Morgan fingerprint density at radius 1 is 1.40 bits per heavy atom. The van der Waals surface area contributed by atoms with E-state index < -0.39 is 23.8 Å². The number of unbranched alkanes of at least 4 members (excludes halogenated alkanes) is 1. The summed E-state index contributed by atoms with van der Waals surface area (Å²) < 4.78 is 5.19. The first kappa shape index (κ1) is 16.7. The molecule has 1 rings (SSSR count). The predicted octanol–water partition coefficient (Wildman–Crippen LogP) is 2.35. The van der Waals surface area contributed by atoms with Gasteiger partial charge in [0.25, 0.3) is 0 Å². The Hall–Kier alpha value is -1.36. The molecular formula is C15H25NO4. The summed E-state index contributed by atoms with van der Waals surface area (Å²) in [5, 5.41) is 12.9. The molecule has 114 valence electrons. The van der Waals surface area contributed by atoms with Gasteiger partial charge in [0.05, 0.1) is 6.04 Å². The molecule has 2 N–H and O–H groups in total. The number of hydrogen-bond acceptors (Lipinski definition) is 4. The van der Waals surface area contributed by atoms with Crippen LogP contribution in [0, 0.1) is 6.92 Å². The molecule has 0 aliphatic heterocycles. The van der Waals surface area contributed by atoms with Crippen molar-refractivity contribution in [2.45, 2.75) is 71.6 Å². The van der Waals surface area contributed by atoms with Crippen LogP contribution >= 0.6 is 0 Å². The summed E-state index contributed by atoms with van der Waals surface area (Å²) in [6.07, 6.45) is 0.912. The Morgan fingerprint density at radius 3 is 2.35 bits per heavy atom. The molecule has 0 saturated heterocycles. The van der Waals surface area contributed by atoms with Crippen LogP contribution in [0.15, 0.2) is 4.79 Å². The second-order valence-corrected chi connectivity index (χ2v) is 6.21. The van der Waals surface area contributed by atoms with Crippen molar-refractivity contribution in [1.82, 2.24) is 5.32 Å². The summed E-state index contributed by atoms with van der Waals surface area (Å²) in [5.74, 6) is 0. The molecule has 1 amide bonds. The summed E-state index contributed by atoms with van der Waals surface area (Å²) in [5.41, 5.74) is 0.353. The Kier molecular flexibility index (Phi) is 5.34. The number of aliphatic hydroxyl groups excluding tert-OH is 1. The van der Waals surface area contributed by atoms with Gasteiger partial charge in [0.15, 0.2) is 5.43 Å². The van der Waals surface area contributed by atoms with Crippen LogP contribution in [0.25, 0.3) is 0 Å². The van der Waals surface area contributed by atoms with Crippen LogP contribution in [0.5, 0.6) is 0 Å². The van der Waals surface area contributed by atoms with Gasteiger partial charge in [-0.15, -0.1) is 0 Å². The molecule has 2 atom stereocenters. The van der Waals surface area contributed by atoms with Crippen molar-refractivity contribution in [2.24, 2.45) is 0 Å². The van der Waals surface area contributed by atoms with Crippen LogP contribution in [0.3, 0.4) is 0 Å². The zero-order valence-corrected chi connectivity index (χ0v) is 12.9. The third-order valence-electron chi connectivity index (χ3n) is 3.17. The van der Waals surface area contributed by atoms with Gasteiger partial charge in [-0.3, -0.25) is 4.79 Å². The molecule has 1 aromatic rings. The van der Waals surface area contributed by atoms with Crippen LogP contribution < -0.4 is 10.7 Å². The van der Waals surface area contributed by atoms with Crippen molar-refractivity contribution >= 4 is 6.09 Å². The van der Waals surface area contributed by atoms with E-state index >= 15 is 0 Å². The lowest BCUT2D eigenvalue weighted by molar-refractivity contribution is 0.0414. The molecule has 0 aliphatic rings. The van der Waals surface area contributed by atoms with Crippen molar-refractivity contribution in [3.8, 4) is 0 Å². The molecule has 0 heterocycles. The molecule has 0 saturated carbocycles. The second-order valence-electron chi connectivity index (χ2n) is 6.21. The Morgan fingerprint density at radius 2 is 1.95 bits per heavy atom. The number of hydrogen-bond donors (Lipinski definition) is 2. The highest BCUT2D eigenvalue weighted by atomic mass is 16.6. The van der Waals surface area contributed by atoms with Gasteiger partial charge >= 0.3 is 6.09 Å². The molecule has 0 spiro atoms. The molecule has 0 aliphatic carbocycles. The minimum Gasteiger partial charge on any atom is -0.444 e. The molecule has 1 aromatic carbocycles. The second kappa shape index (κ2) is 6.39. The highest BCUT2D eigenvalue weighted by molar-refractivity contribution is 5.68. The molecule has 0 aromatic heterocycles. The van der Waals surface area contributed by atoms with Crippen molar-refractivity contribution in [3.05, 3.63) is 21.4 Å². The number of alkyl carbamates (subject to hydrolysis) is 1. The Bertz CT molecular complexity index is 466. The molecule has 20 heavy (non-hydrogen) atoms. The van der Waals surface area contributed by atoms with E-state index in [1.807, 2.05) is 6.92 Å². The highest BCUT2D eigenvalue weighted by Gasteiger charge is 2.32. The fourth-order valence-corrected chi connectivity index (χ4v) is 2.03. The lowest BCUT2D eigenvalue weighted by Crippen LogP contribution is -2.42. The van der Waals surface area contributed by atoms with Gasteiger partial charge in [-0.2, -0.15) is 0 Å². The third kappa shape index (κ3) is 4.63. The van der Waals surface area contributed by atoms with Crippen molar-refractivity contribution in [3.63, 3.8) is 0 Å². The van der Waals surface area contributed by atoms with E-state index in [4.69, 9.17) is 4.74 Å². The van der Waals surface area contributed by atoms with Crippen LogP contribution in [0.2, 0.25) is 0 Å². The number of ether oxygens (including phenoxy) is 1. The maximum Gasteiger partial charge on any atom is 0.407 e. The van der Waals surface area contributed by atoms with E-state index in [2.05, 4.69) is 5.32 Å². The first-order valence-corrected chi connectivity index (χ1v) is 7.10. The number of carbonyl (C=O) groups is 1. The first-order valence-electron chi connectivity index (χ1n) is 7.10. The van der Waals surface area contributed by atoms with E-state index in [0.717, 1.165) is 12.8 Å². The van der Waals surface area contributed by atoms with Crippen LogP contribution in [0.4, 0.5) is 4.79 Å². The van der Waals surface area contributed by atoms with E-state index in [1.54, 1.807) is 27.7 Å². The van der Waals surface area contributed by atoms with Crippen molar-refractivity contribution in [1.29, 1.82) is 0 Å². The van der Waals surface area contributed by atoms with Crippen LogP contribution in [-0.4, -0.2) is 22.8 Å². The lowest BCUT2D eigenvalue weighted by Gasteiger charge is -2.25.